The van der Waals surface area contributed by atoms with Gasteiger partial charge < -0.3 is 15.5 Å². The van der Waals surface area contributed by atoms with Gasteiger partial charge >= 0.3 is 6.03 Å². The molecule has 7 heteroatoms. The number of imide groups is 1. The molecule has 0 aromatic carbocycles. The van der Waals surface area contributed by atoms with E-state index in [1.165, 1.54) is 48.3 Å². The molecular formula is C17H30N4O3. The summed E-state index contributed by atoms with van der Waals surface area (Å²) in [5.74, 6) is -0.208. The smallest absolute Gasteiger partial charge is 0.326 e. The van der Waals surface area contributed by atoms with Crippen LogP contribution in [0.2, 0.25) is 0 Å². The summed E-state index contributed by atoms with van der Waals surface area (Å²) in [5.41, 5.74) is 0. The lowest BCUT2D eigenvalue weighted by Crippen LogP contribution is -2.37. The quantitative estimate of drug-likeness (QED) is 0.394. The van der Waals surface area contributed by atoms with Crippen LogP contribution in [0, 0.1) is 0 Å². The Morgan fingerprint density at radius 3 is 2.46 bits per heavy atom. The Bertz CT molecular complexity index is 447. The van der Waals surface area contributed by atoms with Crippen molar-refractivity contribution < 1.29 is 14.4 Å². The third-order valence-electron chi connectivity index (χ3n) is 4.75. The number of urea groups is 1. The summed E-state index contributed by atoms with van der Waals surface area (Å²) in [6.07, 6.45) is 8.59. The van der Waals surface area contributed by atoms with E-state index in [9.17, 15) is 14.4 Å². The molecular weight excluding hydrogens is 308 g/mol. The zero-order valence-electron chi connectivity index (χ0n) is 14.7. The van der Waals surface area contributed by atoms with E-state index in [1.54, 1.807) is 7.05 Å². The van der Waals surface area contributed by atoms with E-state index in [4.69, 9.17) is 0 Å². The van der Waals surface area contributed by atoms with E-state index in [2.05, 4.69) is 10.6 Å². The molecule has 1 heterocycles. The van der Waals surface area contributed by atoms with Crippen LogP contribution in [0.4, 0.5) is 4.79 Å². The SMILES string of the molecule is CN1CC(=O)N(CCCC(=O)NCCNC2CCCCCC2)C1=O. The zero-order valence-corrected chi connectivity index (χ0v) is 14.7. The number of hydrogen-bond acceptors (Lipinski definition) is 4. The first kappa shape index (κ1) is 18.7. The number of likely N-dealkylation sites (N-methyl/N-ethyl adjacent to an activating group) is 1. The number of rotatable bonds is 8. The van der Waals surface area contributed by atoms with Crippen LogP contribution >= 0.6 is 0 Å². The number of carbonyl (C=O) groups is 3. The van der Waals surface area contributed by atoms with Crippen molar-refractivity contribution in [3.63, 3.8) is 0 Å². The van der Waals surface area contributed by atoms with Crippen LogP contribution < -0.4 is 10.6 Å². The third kappa shape index (κ3) is 5.78. The second-order valence-corrected chi connectivity index (χ2v) is 6.78. The summed E-state index contributed by atoms with van der Waals surface area (Å²) in [6, 6.07) is 0.321. The van der Waals surface area contributed by atoms with Crippen molar-refractivity contribution >= 4 is 17.8 Å². The zero-order chi connectivity index (χ0) is 17.4. The van der Waals surface area contributed by atoms with Crippen molar-refractivity contribution in [3.8, 4) is 0 Å². The van der Waals surface area contributed by atoms with Gasteiger partial charge in [0.2, 0.25) is 11.8 Å². The minimum atomic E-state index is -0.270. The number of carbonyl (C=O) groups excluding carboxylic acids is 3. The molecule has 2 aliphatic rings. The maximum absolute atomic E-state index is 11.8. The Labute approximate surface area is 144 Å². The summed E-state index contributed by atoms with van der Waals surface area (Å²) in [5, 5.41) is 6.41. The lowest BCUT2D eigenvalue weighted by molar-refractivity contribution is -0.126. The first-order valence-corrected chi connectivity index (χ1v) is 9.13. The summed E-state index contributed by atoms with van der Waals surface area (Å²) >= 11 is 0. The van der Waals surface area contributed by atoms with Gasteiger partial charge in [0.05, 0.1) is 0 Å². The fraction of sp³-hybridized carbons (Fsp3) is 0.824. The van der Waals surface area contributed by atoms with E-state index >= 15 is 0 Å². The van der Waals surface area contributed by atoms with Gasteiger partial charge in [0.15, 0.2) is 0 Å². The molecule has 4 amide bonds. The minimum absolute atomic E-state index is 0.0230. The predicted molar refractivity (Wildman–Crippen MR) is 91.5 cm³/mol. The van der Waals surface area contributed by atoms with Gasteiger partial charge in [-0.25, -0.2) is 4.79 Å². The van der Waals surface area contributed by atoms with Crippen molar-refractivity contribution in [2.75, 3.05) is 33.2 Å². The highest BCUT2D eigenvalue weighted by atomic mass is 16.2. The summed E-state index contributed by atoms with van der Waals surface area (Å²) in [6.45, 7) is 1.87. The molecule has 0 aromatic rings. The Morgan fingerprint density at radius 2 is 1.83 bits per heavy atom. The standard InChI is InChI=1S/C17H30N4O3/c1-20-13-16(23)21(17(20)24)12-6-9-15(22)19-11-10-18-14-7-4-2-3-5-8-14/h14,18H,2-13H2,1H3,(H,19,22). The van der Waals surface area contributed by atoms with E-state index < -0.39 is 0 Å². The van der Waals surface area contributed by atoms with E-state index in [1.807, 2.05) is 0 Å². The average Bonchev–Trinajstić information content (AvgIpc) is 2.77. The van der Waals surface area contributed by atoms with Crippen molar-refractivity contribution in [2.24, 2.45) is 0 Å². The van der Waals surface area contributed by atoms with E-state index in [0.29, 0.717) is 32.0 Å². The Balaban J connectivity index is 1.52. The molecule has 2 rings (SSSR count). The van der Waals surface area contributed by atoms with Crippen molar-refractivity contribution in [1.82, 2.24) is 20.4 Å². The van der Waals surface area contributed by atoms with Crippen molar-refractivity contribution in [3.05, 3.63) is 0 Å². The lowest BCUT2D eigenvalue weighted by atomic mass is 10.1. The summed E-state index contributed by atoms with van der Waals surface area (Å²) in [4.78, 5) is 37.7. The topological polar surface area (TPSA) is 81.8 Å². The number of nitrogens with zero attached hydrogens (tertiary/aromatic N) is 2. The molecule has 24 heavy (non-hydrogen) atoms. The highest BCUT2D eigenvalue weighted by Gasteiger charge is 2.32. The second-order valence-electron chi connectivity index (χ2n) is 6.78. The molecule has 0 aromatic heterocycles. The molecule has 7 nitrogen and oxygen atoms in total. The Kier molecular flexibility index (Phi) is 7.49. The van der Waals surface area contributed by atoms with Crippen LogP contribution in [0.3, 0.4) is 0 Å². The van der Waals surface area contributed by atoms with Gasteiger partial charge in [-0.2, -0.15) is 0 Å². The van der Waals surface area contributed by atoms with E-state index in [0.717, 1.165) is 6.54 Å². The maximum Gasteiger partial charge on any atom is 0.326 e. The minimum Gasteiger partial charge on any atom is -0.355 e. The van der Waals surface area contributed by atoms with Crippen LogP contribution in [0.15, 0.2) is 0 Å². The highest BCUT2D eigenvalue weighted by molar-refractivity contribution is 6.01. The van der Waals surface area contributed by atoms with Gasteiger partial charge in [0, 0.05) is 39.1 Å². The van der Waals surface area contributed by atoms with Crippen LogP contribution in [-0.2, 0) is 9.59 Å². The Hall–Kier alpha value is -1.63. The fourth-order valence-corrected chi connectivity index (χ4v) is 3.34. The molecule has 0 bridgehead atoms. The van der Waals surface area contributed by atoms with Crippen molar-refractivity contribution in [2.45, 2.75) is 57.4 Å². The van der Waals surface area contributed by atoms with E-state index in [-0.39, 0.29) is 24.4 Å². The first-order chi connectivity index (χ1) is 11.6. The molecule has 0 atom stereocenters. The van der Waals surface area contributed by atoms with Crippen LogP contribution in [0.5, 0.6) is 0 Å². The average molecular weight is 338 g/mol. The molecule has 1 saturated carbocycles. The molecule has 0 unspecified atom stereocenters. The molecule has 2 N–H and O–H groups in total. The normalized spacial score (nSPS) is 19.7. The van der Waals surface area contributed by atoms with Gasteiger partial charge in [-0.1, -0.05) is 25.7 Å². The molecule has 2 fully saturated rings. The van der Waals surface area contributed by atoms with Gasteiger partial charge in [-0.3, -0.25) is 14.5 Å². The first-order valence-electron chi connectivity index (χ1n) is 9.13. The van der Waals surface area contributed by atoms with Gasteiger partial charge in [-0.05, 0) is 19.3 Å². The molecule has 1 saturated heterocycles. The van der Waals surface area contributed by atoms with Crippen LogP contribution in [-0.4, -0.2) is 66.9 Å². The number of amides is 4. The van der Waals surface area contributed by atoms with Gasteiger partial charge in [0.25, 0.3) is 0 Å². The lowest BCUT2D eigenvalue weighted by Gasteiger charge is -2.16. The summed E-state index contributed by atoms with van der Waals surface area (Å²) < 4.78 is 0. The highest BCUT2D eigenvalue weighted by Crippen LogP contribution is 2.16. The monoisotopic (exact) mass is 338 g/mol. The molecule has 0 spiro atoms. The molecule has 1 aliphatic carbocycles. The number of hydrogen-bond donors (Lipinski definition) is 2. The largest absolute Gasteiger partial charge is 0.355 e. The molecule has 136 valence electrons. The summed E-state index contributed by atoms with van der Waals surface area (Å²) in [7, 11) is 1.61. The van der Waals surface area contributed by atoms with Crippen LogP contribution in [0.25, 0.3) is 0 Å². The second kappa shape index (κ2) is 9.61. The maximum atomic E-state index is 11.8. The Morgan fingerprint density at radius 1 is 1.12 bits per heavy atom. The molecule has 0 radical (unpaired) electrons. The third-order valence-corrected chi connectivity index (χ3v) is 4.75. The van der Waals surface area contributed by atoms with Gasteiger partial charge in [0.1, 0.15) is 6.54 Å². The van der Waals surface area contributed by atoms with Crippen molar-refractivity contribution in [1.29, 1.82) is 0 Å². The number of nitrogens with one attached hydrogen (secondary N) is 2. The fourth-order valence-electron chi connectivity index (χ4n) is 3.34. The molecule has 1 aliphatic heterocycles. The van der Waals surface area contributed by atoms with Crippen LogP contribution in [0.1, 0.15) is 51.4 Å². The van der Waals surface area contributed by atoms with Gasteiger partial charge in [-0.15, -0.1) is 0 Å². The predicted octanol–water partition coefficient (Wildman–Crippen LogP) is 1.09.